The monoisotopic (exact) mass is 395 g/mol. The Bertz CT molecular complexity index is 748. The van der Waals surface area contributed by atoms with Crippen LogP contribution < -0.4 is 5.32 Å². The molecule has 1 atom stereocenters. The lowest BCUT2D eigenvalue weighted by atomic mass is 10.2. The summed E-state index contributed by atoms with van der Waals surface area (Å²) in [6.07, 6.45) is -0.931. The van der Waals surface area contributed by atoms with Crippen LogP contribution in [0.3, 0.4) is 0 Å². The molecule has 6 heteroatoms. The number of halogens is 2. The van der Waals surface area contributed by atoms with E-state index in [0.29, 0.717) is 16.3 Å². The van der Waals surface area contributed by atoms with E-state index in [0.717, 1.165) is 10.0 Å². The molecule has 1 N–H and O–H groups in total. The molecule has 4 nitrogen and oxygen atoms in total. The van der Waals surface area contributed by atoms with Crippen LogP contribution in [0.4, 0.5) is 5.69 Å². The molecule has 0 unspecified atom stereocenters. The van der Waals surface area contributed by atoms with Gasteiger partial charge >= 0.3 is 5.97 Å². The summed E-state index contributed by atoms with van der Waals surface area (Å²) < 4.78 is 5.95. The lowest BCUT2D eigenvalue weighted by molar-refractivity contribution is -0.123. The van der Waals surface area contributed by atoms with E-state index in [-0.39, 0.29) is 0 Å². The van der Waals surface area contributed by atoms with Crippen molar-refractivity contribution in [2.75, 3.05) is 5.32 Å². The zero-order valence-electron chi connectivity index (χ0n) is 12.6. The van der Waals surface area contributed by atoms with Crippen molar-refractivity contribution < 1.29 is 14.3 Å². The van der Waals surface area contributed by atoms with Crippen LogP contribution in [0.5, 0.6) is 0 Å². The number of benzene rings is 2. The van der Waals surface area contributed by atoms with Crippen LogP contribution in [-0.2, 0) is 9.53 Å². The lowest BCUT2D eigenvalue weighted by Gasteiger charge is -2.15. The first-order valence-electron chi connectivity index (χ1n) is 6.90. The second-order valence-electron chi connectivity index (χ2n) is 5.01. The van der Waals surface area contributed by atoms with Crippen molar-refractivity contribution in [3.8, 4) is 0 Å². The maximum Gasteiger partial charge on any atom is 0.338 e. The molecule has 120 valence electrons. The molecule has 23 heavy (non-hydrogen) atoms. The minimum atomic E-state index is -0.931. The number of nitrogens with one attached hydrogen (secondary N) is 1. The van der Waals surface area contributed by atoms with Gasteiger partial charge in [-0.1, -0.05) is 39.7 Å². The van der Waals surface area contributed by atoms with E-state index in [1.54, 1.807) is 42.5 Å². The first-order chi connectivity index (χ1) is 10.9. The largest absolute Gasteiger partial charge is 0.449 e. The Labute approximate surface area is 147 Å². The number of aryl methyl sites for hydroxylation is 1. The normalized spacial score (nSPS) is 11.7. The van der Waals surface area contributed by atoms with Gasteiger partial charge in [-0.25, -0.2) is 4.79 Å². The van der Waals surface area contributed by atoms with Gasteiger partial charge < -0.3 is 10.1 Å². The van der Waals surface area contributed by atoms with E-state index < -0.39 is 18.0 Å². The summed E-state index contributed by atoms with van der Waals surface area (Å²) in [6.45, 7) is 3.37. The van der Waals surface area contributed by atoms with Crippen molar-refractivity contribution >= 4 is 45.1 Å². The fourth-order valence-electron chi connectivity index (χ4n) is 1.86. The zero-order chi connectivity index (χ0) is 17.0. The van der Waals surface area contributed by atoms with Crippen molar-refractivity contribution in [1.82, 2.24) is 0 Å². The first-order valence-corrected chi connectivity index (χ1v) is 8.07. The highest BCUT2D eigenvalue weighted by molar-refractivity contribution is 9.10. The van der Waals surface area contributed by atoms with E-state index in [2.05, 4.69) is 21.2 Å². The molecule has 2 rings (SSSR count). The summed E-state index contributed by atoms with van der Waals surface area (Å²) in [5, 5.41) is 3.23. The fraction of sp³-hybridized carbons (Fsp3) is 0.176. The number of anilines is 1. The number of esters is 1. The predicted molar refractivity (Wildman–Crippen MR) is 93.8 cm³/mol. The number of amides is 1. The highest BCUT2D eigenvalue weighted by Crippen LogP contribution is 2.20. The molecule has 0 heterocycles. The molecule has 1 amide bonds. The maximum atomic E-state index is 12.2. The predicted octanol–water partition coefficient (Wildman–Crippen LogP) is 4.59. The number of ether oxygens (including phenoxy) is 1. The summed E-state index contributed by atoms with van der Waals surface area (Å²) in [6, 6.07) is 12.0. The average Bonchev–Trinajstić information content (AvgIpc) is 2.50. The van der Waals surface area contributed by atoms with Crippen molar-refractivity contribution in [3.63, 3.8) is 0 Å². The highest BCUT2D eigenvalue weighted by atomic mass is 79.9. The second-order valence-corrected chi connectivity index (χ2v) is 6.36. The van der Waals surface area contributed by atoms with Crippen LogP contribution in [0.2, 0.25) is 5.02 Å². The van der Waals surface area contributed by atoms with Gasteiger partial charge in [0.2, 0.25) is 0 Å². The quantitative estimate of drug-likeness (QED) is 0.769. The minimum absolute atomic E-state index is 0.373. The number of hydrogen-bond donors (Lipinski definition) is 1. The number of carbonyl (C=O) groups excluding carboxylic acids is 2. The average molecular weight is 397 g/mol. The van der Waals surface area contributed by atoms with Gasteiger partial charge in [-0.2, -0.15) is 0 Å². The van der Waals surface area contributed by atoms with Crippen molar-refractivity contribution in [1.29, 1.82) is 0 Å². The molecule has 0 aliphatic rings. The van der Waals surface area contributed by atoms with E-state index in [9.17, 15) is 9.59 Å². The Morgan fingerprint density at radius 2 is 1.96 bits per heavy atom. The molecule has 2 aromatic rings. The van der Waals surface area contributed by atoms with Crippen LogP contribution in [0.1, 0.15) is 22.8 Å². The summed E-state index contributed by atoms with van der Waals surface area (Å²) in [4.78, 5) is 24.2. The van der Waals surface area contributed by atoms with Crippen LogP contribution >= 0.6 is 27.5 Å². The summed E-state index contributed by atoms with van der Waals surface area (Å²) in [7, 11) is 0. The third-order valence-electron chi connectivity index (χ3n) is 3.17. The number of carbonyl (C=O) groups is 2. The molecule has 0 bridgehead atoms. The Balaban J connectivity index is 2.02. The van der Waals surface area contributed by atoms with Crippen LogP contribution in [-0.4, -0.2) is 18.0 Å². The smallest absolute Gasteiger partial charge is 0.338 e. The van der Waals surface area contributed by atoms with Crippen LogP contribution in [0, 0.1) is 6.92 Å². The van der Waals surface area contributed by atoms with Gasteiger partial charge in [-0.3, -0.25) is 4.79 Å². The summed E-state index contributed by atoms with van der Waals surface area (Å²) in [5.74, 6) is -0.976. The Kier molecular flexibility index (Phi) is 5.80. The Morgan fingerprint density at radius 1 is 1.22 bits per heavy atom. The first kappa shape index (κ1) is 17.5. The molecule has 0 aliphatic heterocycles. The summed E-state index contributed by atoms with van der Waals surface area (Å²) >= 11 is 9.20. The molecule has 0 saturated heterocycles. The van der Waals surface area contributed by atoms with E-state index >= 15 is 0 Å². The molecular formula is C17H15BrClNO3. The minimum Gasteiger partial charge on any atom is -0.449 e. The molecule has 0 spiro atoms. The molecule has 0 aliphatic carbocycles. The Hall–Kier alpha value is -1.85. The van der Waals surface area contributed by atoms with Gasteiger partial charge in [-0.05, 0) is 49.7 Å². The second kappa shape index (κ2) is 7.62. The van der Waals surface area contributed by atoms with Gasteiger partial charge in [0.05, 0.1) is 5.56 Å². The SMILES string of the molecule is Cc1ccc(Cl)cc1NC(=O)[C@@H](C)OC(=O)c1cccc(Br)c1. The third kappa shape index (κ3) is 4.81. The molecular weight excluding hydrogens is 382 g/mol. The van der Waals surface area contributed by atoms with Gasteiger partial charge in [0.25, 0.3) is 5.91 Å². The van der Waals surface area contributed by atoms with Crippen LogP contribution in [0.25, 0.3) is 0 Å². The highest BCUT2D eigenvalue weighted by Gasteiger charge is 2.19. The van der Waals surface area contributed by atoms with Gasteiger partial charge in [0.1, 0.15) is 0 Å². The fourth-order valence-corrected chi connectivity index (χ4v) is 2.43. The third-order valence-corrected chi connectivity index (χ3v) is 3.90. The van der Waals surface area contributed by atoms with Gasteiger partial charge in [0.15, 0.2) is 6.10 Å². The van der Waals surface area contributed by atoms with Crippen LogP contribution in [0.15, 0.2) is 46.9 Å². The number of rotatable bonds is 4. The topological polar surface area (TPSA) is 55.4 Å². The molecule has 0 radical (unpaired) electrons. The van der Waals surface area contributed by atoms with Gasteiger partial charge in [-0.15, -0.1) is 0 Å². The zero-order valence-corrected chi connectivity index (χ0v) is 14.9. The maximum absolute atomic E-state index is 12.2. The molecule has 0 aromatic heterocycles. The number of hydrogen-bond acceptors (Lipinski definition) is 3. The molecule has 0 saturated carbocycles. The standard InChI is InChI=1S/C17H15BrClNO3/c1-10-6-7-14(19)9-15(10)20-16(21)11(2)23-17(22)12-4-3-5-13(18)8-12/h3-9,11H,1-2H3,(H,20,21)/t11-/m1/s1. The van der Waals surface area contributed by atoms with Crippen molar-refractivity contribution in [3.05, 3.63) is 63.1 Å². The van der Waals surface area contributed by atoms with E-state index in [1.165, 1.54) is 6.92 Å². The van der Waals surface area contributed by atoms with Crippen molar-refractivity contribution in [2.24, 2.45) is 0 Å². The van der Waals surface area contributed by atoms with E-state index in [4.69, 9.17) is 16.3 Å². The molecule has 0 fully saturated rings. The van der Waals surface area contributed by atoms with Gasteiger partial charge in [0, 0.05) is 15.2 Å². The molecule has 2 aromatic carbocycles. The lowest BCUT2D eigenvalue weighted by Crippen LogP contribution is -2.30. The summed E-state index contributed by atoms with van der Waals surface area (Å²) in [5.41, 5.74) is 1.83. The Morgan fingerprint density at radius 3 is 2.65 bits per heavy atom. The van der Waals surface area contributed by atoms with Crippen molar-refractivity contribution in [2.45, 2.75) is 20.0 Å². The van der Waals surface area contributed by atoms with E-state index in [1.807, 2.05) is 6.92 Å².